The maximum Gasteiger partial charge on any atom is 0.168 e. The number of halogens is 1. The Morgan fingerprint density at radius 1 is 1.43 bits per heavy atom. The summed E-state index contributed by atoms with van der Waals surface area (Å²) in [5, 5.41) is 3.18. The highest BCUT2D eigenvalue weighted by Gasteiger charge is 1.98. The van der Waals surface area contributed by atoms with Gasteiger partial charge in [-0.3, -0.25) is 0 Å². The molecule has 1 rings (SSSR count). The predicted octanol–water partition coefficient (Wildman–Crippen LogP) is 3.44. The van der Waals surface area contributed by atoms with E-state index in [1.54, 1.807) is 0 Å². The molecule has 0 aliphatic carbocycles. The Labute approximate surface area is 99.0 Å². The number of benzene rings is 1. The third-order valence-electron chi connectivity index (χ3n) is 1.46. The smallest absolute Gasteiger partial charge is 0.168 e. The number of anilines is 1. The molecule has 0 aliphatic heterocycles. The number of thiocarbonyl (C=S) groups is 1. The van der Waals surface area contributed by atoms with Gasteiger partial charge < -0.3 is 11.1 Å². The monoisotopic (exact) mass is 274 g/mol. The van der Waals surface area contributed by atoms with Crippen molar-refractivity contribution in [2.24, 2.45) is 5.73 Å². The molecule has 4 heteroatoms. The van der Waals surface area contributed by atoms with Crippen molar-refractivity contribution in [2.75, 3.05) is 5.32 Å². The number of hydrogen-bond acceptors (Lipinski definition) is 1. The molecule has 0 unspecified atom stereocenters. The van der Waals surface area contributed by atoms with Crippen LogP contribution in [0.15, 0.2) is 22.7 Å². The lowest BCUT2D eigenvalue weighted by atomic mass is 10.2. The highest BCUT2D eigenvalue weighted by Crippen LogP contribution is 2.20. The minimum absolute atomic E-state index is 0.288. The van der Waals surface area contributed by atoms with Crippen LogP contribution in [0.5, 0.6) is 0 Å². The van der Waals surface area contributed by atoms with Gasteiger partial charge in [0.05, 0.1) is 0 Å². The standard InChI is InChI=1S/C8H9BrN2S.C2H6/c1-5-2-3-6(9)4-7(5)11-8(10)12;1-2/h2-4H,1H3,(H3,10,11,12);1-2H3. The van der Waals surface area contributed by atoms with Crippen molar-refractivity contribution in [3.05, 3.63) is 28.2 Å². The quantitative estimate of drug-likeness (QED) is 0.771. The van der Waals surface area contributed by atoms with Crippen molar-refractivity contribution < 1.29 is 0 Å². The second kappa shape index (κ2) is 6.79. The summed E-state index contributed by atoms with van der Waals surface area (Å²) in [6.07, 6.45) is 0. The van der Waals surface area contributed by atoms with E-state index in [0.717, 1.165) is 15.7 Å². The van der Waals surface area contributed by atoms with Gasteiger partial charge in [-0.15, -0.1) is 0 Å². The van der Waals surface area contributed by atoms with Gasteiger partial charge in [0.25, 0.3) is 0 Å². The molecule has 0 aromatic heterocycles. The van der Waals surface area contributed by atoms with Gasteiger partial charge in [0.15, 0.2) is 5.11 Å². The first-order valence-electron chi connectivity index (χ1n) is 4.42. The lowest BCUT2D eigenvalue weighted by Gasteiger charge is -2.07. The SMILES string of the molecule is CC.Cc1ccc(Br)cc1NC(N)=S. The normalized spacial score (nSPS) is 8.57. The van der Waals surface area contributed by atoms with E-state index in [-0.39, 0.29) is 5.11 Å². The molecule has 0 amide bonds. The molecule has 14 heavy (non-hydrogen) atoms. The van der Waals surface area contributed by atoms with Gasteiger partial charge in [0.2, 0.25) is 0 Å². The van der Waals surface area contributed by atoms with Crippen LogP contribution in [0.4, 0.5) is 5.69 Å². The Hall–Kier alpha value is -0.610. The third kappa shape index (κ3) is 4.58. The number of hydrogen-bond donors (Lipinski definition) is 2. The van der Waals surface area contributed by atoms with Gasteiger partial charge >= 0.3 is 0 Å². The molecule has 0 bridgehead atoms. The molecule has 0 saturated carbocycles. The van der Waals surface area contributed by atoms with Crippen LogP contribution in [0.25, 0.3) is 0 Å². The fourth-order valence-electron chi connectivity index (χ4n) is 0.862. The number of nitrogens with one attached hydrogen (secondary N) is 1. The number of rotatable bonds is 1. The minimum atomic E-state index is 0.288. The van der Waals surface area contributed by atoms with E-state index in [1.807, 2.05) is 39.0 Å². The summed E-state index contributed by atoms with van der Waals surface area (Å²) in [7, 11) is 0. The molecule has 0 aliphatic rings. The molecule has 0 radical (unpaired) electrons. The molecule has 1 aromatic rings. The van der Waals surface area contributed by atoms with Gasteiger partial charge in [0, 0.05) is 10.2 Å². The highest BCUT2D eigenvalue weighted by atomic mass is 79.9. The molecule has 2 nitrogen and oxygen atoms in total. The zero-order valence-corrected chi connectivity index (χ0v) is 11.0. The van der Waals surface area contributed by atoms with Crippen LogP contribution in [-0.4, -0.2) is 5.11 Å². The first-order chi connectivity index (χ1) is 6.59. The van der Waals surface area contributed by atoms with Crippen LogP contribution in [0.1, 0.15) is 19.4 Å². The molecule has 0 spiro atoms. The molecule has 0 heterocycles. The predicted molar refractivity (Wildman–Crippen MR) is 70.6 cm³/mol. The summed E-state index contributed by atoms with van der Waals surface area (Å²) in [4.78, 5) is 0. The second-order valence-electron chi connectivity index (χ2n) is 2.45. The first kappa shape index (κ1) is 13.4. The van der Waals surface area contributed by atoms with Gasteiger partial charge in [-0.1, -0.05) is 35.8 Å². The summed E-state index contributed by atoms with van der Waals surface area (Å²) >= 11 is 8.09. The van der Waals surface area contributed by atoms with E-state index in [0.29, 0.717) is 0 Å². The Bertz CT molecular complexity index is 313. The van der Waals surface area contributed by atoms with Crippen molar-refractivity contribution in [2.45, 2.75) is 20.8 Å². The van der Waals surface area contributed by atoms with Crippen LogP contribution in [-0.2, 0) is 0 Å². The molecule has 0 fully saturated rings. The zero-order chi connectivity index (χ0) is 11.1. The number of nitrogens with two attached hydrogens (primary N) is 1. The van der Waals surface area contributed by atoms with E-state index in [1.165, 1.54) is 0 Å². The highest BCUT2D eigenvalue weighted by molar-refractivity contribution is 9.10. The fourth-order valence-corrected chi connectivity index (χ4v) is 1.33. The van der Waals surface area contributed by atoms with Gasteiger partial charge in [-0.05, 0) is 36.8 Å². The average molecular weight is 275 g/mol. The van der Waals surface area contributed by atoms with Gasteiger partial charge in [0.1, 0.15) is 0 Å². The lowest BCUT2D eigenvalue weighted by molar-refractivity contribution is 1.44. The van der Waals surface area contributed by atoms with E-state index in [4.69, 9.17) is 18.0 Å². The van der Waals surface area contributed by atoms with Crippen molar-refractivity contribution in [1.82, 2.24) is 0 Å². The Morgan fingerprint density at radius 3 is 2.50 bits per heavy atom. The molecule has 78 valence electrons. The topological polar surface area (TPSA) is 38.0 Å². The summed E-state index contributed by atoms with van der Waals surface area (Å²) in [5.41, 5.74) is 7.41. The number of aryl methyl sites for hydroxylation is 1. The maximum absolute atomic E-state index is 5.35. The van der Waals surface area contributed by atoms with Crippen LogP contribution >= 0.6 is 28.1 Å². The molecule has 1 aromatic carbocycles. The van der Waals surface area contributed by atoms with Crippen LogP contribution in [0.2, 0.25) is 0 Å². The molecule has 0 atom stereocenters. The van der Waals surface area contributed by atoms with E-state index < -0.39 is 0 Å². The Morgan fingerprint density at radius 2 is 2.00 bits per heavy atom. The maximum atomic E-state index is 5.35. The van der Waals surface area contributed by atoms with Crippen LogP contribution < -0.4 is 11.1 Å². The van der Waals surface area contributed by atoms with Crippen molar-refractivity contribution >= 4 is 38.9 Å². The largest absolute Gasteiger partial charge is 0.376 e. The zero-order valence-electron chi connectivity index (χ0n) is 8.60. The van der Waals surface area contributed by atoms with E-state index in [9.17, 15) is 0 Å². The van der Waals surface area contributed by atoms with Gasteiger partial charge in [-0.2, -0.15) is 0 Å². The Balaban J connectivity index is 0.000000791. The van der Waals surface area contributed by atoms with Gasteiger partial charge in [-0.25, -0.2) is 0 Å². The summed E-state index contributed by atoms with van der Waals surface area (Å²) < 4.78 is 1.01. The molecular formula is C10H15BrN2S. The first-order valence-corrected chi connectivity index (χ1v) is 5.62. The van der Waals surface area contributed by atoms with Crippen LogP contribution in [0, 0.1) is 6.92 Å². The minimum Gasteiger partial charge on any atom is -0.376 e. The van der Waals surface area contributed by atoms with E-state index in [2.05, 4.69) is 21.2 Å². The van der Waals surface area contributed by atoms with E-state index >= 15 is 0 Å². The summed E-state index contributed by atoms with van der Waals surface area (Å²) in [5.74, 6) is 0. The summed E-state index contributed by atoms with van der Waals surface area (Å²) in [6, 6.07) is 5.90. The van der Waals surface area contributed by atoms with Crippen molar-refractivity contribution in [3.63, 3.8) is 0 Å². The molecule has 3 N–H and O–H groups in total. The summed E-state index contributed by atoms with van der Waals surface area (Å²) in [6.45, 7) is 5.99. The lowest BCUT2D eigenvalue weighted by Crippen LogP contribution is -2.19. The Kier molecular flexibility index (Phi) is 6.49. The molecule has 0 saturated heterocycles. The van der Waals surface area contributed by atoms with Crippen molar-refractivity contribution in [1.29, 1.82) is 0 Å². The second-order valence-corrected chi connectivity index (χ2v) is 3.80. The van der Waals surface area contributed by atoms with Crippen molar-refractivity contribution in [3.8, 4) is 0 Å². The fraction of sp³-hybridized carbons (Fsp3) is 0.300. The van der Waals surface area contributed by atoms with Crippen LogP contribution in [0.3, 0.4) is 0 Å². The third-order valence-corrected chi connectivity index (χ3v) is 2.05. The average Bonchev–Trinajstić information content (AvgIpc) is 2.14. The molecular weight excluding hydrogens is 260 g/mol.